The number of amides is 1. The molecule has 1 aliphatic carbocycles. The number of aryl methyl sites for hydroxylation is 1. The van der Waals surface area contributed by atoms with Gasteiger partial charge in [0.2, 0.25) is 0 Å². The monoisotopic (exact) mass is 223 g/mol. The SMILES string of the molecule is Cn1cc(C(=O)N[C@@H]2CCCC[C@H]2O)cn1. The largest absolute Gasteiger partial charge is 0.391 e. The van der Waals surface area contributed by atoms with Crippen molar-refractivity contribution in [2.24, 2.45) is 7.05 Å². The lowest BCUT2D eigenvalue weighted by Gasteiger charge is -2.28. The highest BCUT2D eigenvalue weighted by Gasteiger charge is 2.25. The minimum absolute atomic E-state index is 0.110. The van der Waals surface area contributed by atoms with E-state index < -0.39 is 6.10 Å². The summed E-state index contributed by atoms with van der Waals surface area (Å²) in [6.45, 7) is 0. The van der Waals surface area contributed by atoms with E-state index in [1.807, 2.05) is 0 Å². The first kappa shape index (κ1) is 11.1. The van der Waals surface area contributed by atoms with Gasteiger partial charge in [0, 0.05) is 13.2 Å². The van der Waals surface area contributed by atoms with Crippen molar-refractivity contribution in [2.45, 2.75) is 37.8 Å². The number of aliphatic hydroxyl groups excluding tert-OH is 1. The fourth-order valence-electron chi connectivity index (χ4n) is 2.07. The zero-order valence-electron chi connectivity index (χ0n) is 9.39. The highest BCUT2D eigenvalue weighted by atomic mass is 16.3. The Balaban J connectivity index is 1.96. The molecule has 1 heterocycles. The lowest BCUT2D eigenvalue weighted by Crippen LogP contribution is -2.44. The summed E-state index contributed by atoms with van der Waals surface area (Å²) in [4.78, 5) is 11.8. The predicted molar refractivity (Wildman–Crippen MR) is 58.9 cm³/mol. The van der Waals surface area contributed by atoms with Crippen LogP contribution in [0.15, 0.2) is 12.4 Å². The Labute approximate surface area is 94.5 Å². The van der Waals surface area contributed by atoms with E-state index in [0.717, 1.165) is 25.7 Å². The van der Waals surface area contributed by atoms with Crippen molar-refractivity contribution in [2.75, 3.05) is 0 Å². The Morgan fingerprint density at radius 2 is 2.31 bits per heavy atom. The van der Waals surface area contributed by atoms with E-state index in [2.05, 4.69) is 10.4 Å². The maximum Gasteiger partial charge on any atom is 0.254 e. The third kappa shape index (κ3) is 2.41. The van der Waals surface area contributed by atoms with Gasteiger partial charge in [-0.2, -0.15) is 5.10 Å². The highest BCUT2D eigenvalue weighted by molar-refractivity contribution is 5.93. The summed E-state index contributed by atoms with van der Waals surface area (Å²) in [7, 11) is 1.77. The van der Waals surface area contributed by atoms with E-state index in [1.54, 1.807) is 17.9 Å². The van der Waals surface area contributed by atoms with Crippen LogP contribution in [0.1, 0.15) is 36.0 Å². The highest BCUT2D eigenvalue weighted by Crippen LogP contribution is 2.18. The normalized spacial score (nSPS) is 25.4. The second-order valence-corrected chi connectivity index (χ2v) is 4.33. The molecule has 88 valence electrons. The van der Waals surface area contributed by atoms with E-state index in [9.17, 15) is 9.90 Å². The van der Waals surface area contributed by atoms with Crippen molar-refractivity contribution in [3.8, 4) is 0 Å². The van der Waals surface area contributed by atoms with Crippen LogP contribution in [-0.4, -0.2) is 32.9 Å². The molecule has 5 heteroatoms. The van der Waals surface area contributed by atoms with Crippen molar-refractivity contribution >= 4 is 5.91 Å². The quantitative estimate of drug-likeness (QED) is 0.765. The van der Waals surface area contributed by atoms with Gasteiger partial charge in [0.15, 0.2) is 0 Å². The number of hydrogen-bond acceptors (Lipinski definition) is 3. The van der Waals surface area contributed by atoms with Crippen molar-refractivity contribution in [3.05, 3.63) is 18.0 Å². The summed E-state index contributed by atoms with van der Waals surface area (Å²) in [5.74, 6) is -0.154. The molecule has 2 N–H and O–H groups in total. The van der Waals surface area contributed by atoms with Crippen LogP contribution in [0.5, 0.6) is 0 Å². The molecule has 2 atom stereocenters. The summed E-state index contributed by atoms with van der Waals surface area (Å²) in [5.41, 5.74) is 0.542. The number of carbonyl (C=O) groups is 1. The van der Waals surface area contributed by atoms with Crippen LogP contribution in [0.25, 0.3) is 0 Å². The van der Waals surface area contributed by atoms with Crippen LogP contribution in [0.4, 0.5) is 0 Å². The first-order chi connectivity index (χ1) is 7.66. The van der Waals surface area contributed by atoms with Crippen LogP contribution in [0.2, 0.25) is 0 Å². The molecule has 0 unspecified atom stereocenters. The number of nitrogens with zero attached hydrogens (tertiary/aromatic N) is 2. The number of rotatable bonds is 2. The van der Waals surface area contributed by atoms with E-state index >= 15 is 0 Å². The fraction of sp³-hybridized carbons (Fsp3) is 0.636. The minimum atomic E-state index is -0.408. The minimum Gasteiger partial charge on any atom is -0.391 e. The van der Waals surface area contributed by atoms with Gasteiger partial charge >= 0.3 is 0 Å². The second-order valence-electron chi connectivity index (χ2n) is 4.33. The van der Waals surface area contributed by atoms with Crippen LogP contribution >= 0.6 is 0 Å². The maximum atomic E-state index is 11.8. The molecule has 0 aliphatic heterocycles. The molecule has 5 nitrogen and oxygen atoms in total. The van der Waals surface area contributed by atoms with Crippen LogP contribution in [-0.2, 0) is 7.05 Å². The predicted octanol–water partition coefficient (Wildman–Crippen LogP) is 0.453. The standard InChI is InChI=1S/C11H17N3O2/c1-14-7-8(6-12-14)11(16)13-9-4-2-3-5-10(9)15/h6-7,9-10,15H,2-5H2,1H3,(H,13,16)/t9-,10-/m1/s1. The average Bonchev–Trinajstić information content (AvgIpc) is 2.68. The molecule has 2 rings (SSSR count). The molecule has 0 spiro atoms. The molecule has 0 saturated heterocycles. The van der Waals surface area contributed by atoms with Gasteiger partial charge in [-0.15, -0.1) is 0 Å². The molecule has 16 heavy (non-hydrogen) atoms. The summed E-state index contributed by atoms with van der Waals surface area (Å²) in [5, 5.41) is 16.5. The van der Waals surface area contributed by atoms with Gasteiger partial charge in [-0.05, 0) is 12.8 Å². The number of aromatic nitrogens is 2. The lowest BCUT2D eigenvalue weighted by molar-refractivity contribution is 0.0717. The Morgan fingerprint density at radius 1 is 1.56 bits per heavy atom. The van der Waals surface area contributed by atoms with Crippen LogP contribution in [0, 0.1) is 0 Å². The van der Waals surface area contributed by atoms with E-state index in [0.29, 0.717) is 5.56 Å². The van der Waals surface area contributed by atoms with Gasteiger partial charge in [-0.1, -0.05) is 12.8 Å². The van der Waals surface area contributed by atoms with E-state index in [4.69, 9.17) is 0 Å². The molecule has 1 aromatic heterocycles. The summed E-state index contributed by atoms with van der Waals surface area (Å²) in [6, 6.07) is -0.110. The van der Waals surface area contributed by atoms with Gasteiger partial charge in [-0.25, -0.2) is 0 Å². The second kappa shape index (κ2) is 4.65. The molecule has 0 aromatic carbocycles. The van der Waals surface area contributed by atoms with Gasteiger partial charge in [0.25, 0.3) is 5.91 Å². The Hall–Kier alpha value is -1.36. The molecule has 1 saturated carbocycles. The third-order valence-corrected chi connectivity index (χ3v) is 3.01. The molecule has 1 amide bonds. The Kier molecular flexibility index (Phi) is 3.24. The first-order valence-corrected chi connectivity index (χ1v) is 5.64. The van der Waals surface area contributed by atoms with Crippen molar-refractivity contribution in [1.82, 2.24) is 15.1 Å². The third-order valence-electron chi connectivity index (χ3n) is 3.01. The summed E-state index contributed by atoms with van der Waals surface area (Å²) in [6.07, 6.45) is 6.53. The molecular formula is C11H17N3O2. The first-order valence-electron chi connectivity index (χ1n) is 5.64. The Morgan fingerprint density at radius 3 is 2.94 bits per heavy atom. The summed E-state index contributed by atoms with van der Waals surface area (Å²) < 4.78 is 1.59. The van der Waals surface area contributed by atoms with Crippen molar-refractivity contribution in [3.63, 3.8) is 0 Å². The van der Waals surface area contributed by atoms with Gasteiger partial charge < -0.3 is 10.4 Å². The summed E-state index contributed by atoms with van der Waals surface area (Å²) >= 11 is 0. The van der Waals surface area contributed by atoms with Crippen LogP contribution < -0.4 is 5.32 Å². The molecule has 1 fully saturated rings. The van der Waals surface area contributed by atoms with Crippen molar-refractivity contribution < 1.29 is 9.90 Å². The fourth-order valence-corrected chi connectivity index (χ4v) is 2.07. The number of aliphatic hydroxyl groups is 1. The van der Waals surface area contributed by atoms with Crippen LogP contribution in [0.3, 0.4) is 0 Å². The number of carbonyl (C=O) groups excluding carboxylic acids is 1. The average molecular weight is 223 g/mol. The lowest BCUT2D eigenvalue weighted by atomic mass is 9.92. The number of nitrogens with one attached hydrogen (secondary N) is 1. The number of hydrogen-bond donors (Lipinski definition) is 2. The molecule has 0 bridgehead atoms. The van der Waals surface area contributed by atoms with Gasteiger partial charge in [0.05, 0.1) is 23.9 Å². The molecule has 1 aliphatic rings. The van der Waals surface area contributed by atoms with E-state index in [1.165, 1.54) is 6.20 Å². The van der Waals surface area contributed by atoms with Gasteiger partial charge in [0.1, 0.15) is 0 Å². The molecule has 1 aromatic rings. The van der Waals surface area contributed by atoms with Gasteiger partial charge in [-0.3, -0.25) is 9.48 Å². The smallest absolute Gasteiger partial charge is 0.254 e. The zero-order valence-corrected chi connectivity index (χ0v) is 9.39. The van der Waals surface area contributed by atoms with E-state index in [-0.39, 0.29) is 11.9 Å². The van der Waals surface area contributed by atoms with Crippen molar-refractivity contribution in [1.29, 1.82) is 0 Å². The molecule has 0 radical (unpaired) electrons. The topological polar surface area (TPSA) is 67.2 Å². The zero-order chi connectivity index (χ0) is 11.5. The molecular weight excluding hydrogens is 206 g/mol. The Bertz CT molecular complexity index is 375. The maximum absolute atomic E-state index is 11.8.